The Hall–Kier alpha value is -2.54. The number of rotatable bonds is 5. The Morgan fingerprint density at radius 2 is 1.68 bits per heavy atom. The minimum atomic E-state index is -3.64. The summed E-state index contributed by atoms with van der Waals surface area (Å²) >= 11 is 0. The molecule has 6 rings (SSSR count). The molecule has 4 aliphatic rings. The number of nitrogens with one attached hydrogen (secondary N) is 1. The van der Waals surface area contributed by atoms with Crippen molar-refractivity contribution in [2.45, 2.75) is 89.7 Å². The molecule has 0 spiro atoms. The third-order valence-electron chi connectivity index (χ3n) is 11.4. The minimum Gasteiger partial charge on any atom is -0.490 e. The van der Waals surface area contributed by atoms with Crippen LogP contribution in [0.5, 0.6) is 5.75 Å². The first-order valence-electron chi connectivity index (χ1n) is 15.0. The van der Waals surface area contributed by atoms with E-state index in [-0.39, 0.29) is 21.8 Å². The van der Waals surface area contributed by atoms with E-state index in [0.717, 1.165) is 37.0 Å². The normalized spacial score (nSPS) is 37.3. The average Bonchev–Trinajstić information content (AvgIpc) is 3.25. The van der Waals surface area contributed by atoms with Crippen LogP contribution in [0.15, 0.2) is 53.4 Å². The lowest BCUT2D eigenvalue weighted by Crippen LogP contribution is -2.62. The Morgan fingerprint density at radius 3 is 2.38 bits per heavy atom. The first-order valence-corrected chi connectivity index (χ1v) is 16.5. The van der Waals surface area contributed by atoms with Gasteiger partial charge in [-0.05, 0) is 116 Å². The monoisotopic (exact) mass is 564 g/mol. The number of fused-ring (bicyclic) bond motifs is 5. The summed E-state index contributed by atoms with van der Waals surface area (Å²) in [7, 11) is -1.61. The number of ether oxygens (including phenoxy) is 1. The van der Waals surface area contributed by atoms with Crippen LogP contribution in [0.3, 0.4) is 0 Å². The zero-order valence-electron chi connectivity index (χ0n) is 24.5. The zero-order valence-corrected chi connectivity index (χ0v) is 25.3. The lowest BCUT2D eigenvalue weighted by molar-refractivity contribution is -0.164. The van der Waals surface area contributed by atoms with Crippen molar-refractivity contribution in [3.05, 3.63) is 54.1 Å². The van der Waals surface area contributed by atoms with Crippen LogP contribution in [0.4, 0.5) is 5.69 Å². The molecule has 0 radical (unpaired) electrons. The molecule has 0 bridgehead atoms. The van der Waals surface area contributed by atoms with E-state index in [1.807, 2.05) is 26.1 Å². The summed E-state index contributed by atoms with van der Waals surface area (Å²) in [4.78, 5) is 14.9. The largest absolute Gasteiger partial charge is 0.490 e. The molecule has 1 saturated heterocycles. The Labute approximate surface area is 239 Å². The van der Waals surface area contributed by atoms with Crippen molar-refractivity contribution in [3.8, 4) is 5.75 Å². The third-order valence-corrected chi connectivity index (χ3v) is 12.8. The number of carbonyl (C=O) groups excluding carboxylic acids is 1. The second-order valence-electron chi connectivity index (χ2n) is 13.8. The van der Waals surface area contributed by atoms with E-state index in [1.165, 1.54) is 12.8 Å². The SMILES string of the molecule is Cc1ccc(S(=O)(=O)Nc2ccc(O[C@H]3CC4C5C(CC[C@]4(C)C3)[C@@]3(C)CCC(=O)N(C)C3C[C@@H]5C)cc2)cc1. The molecule has 4 fully saturated rings. The number of nitrogens with zero attached hydrogens (tertiary/aromatic N) is 1. The van der Waals surface area contributed by atoms with E-state index in [2.05, 4.69) is 30.4 Å². The number of anilines is 1. The molecule has 2 aromatic rings. The second kappa shape index (κ2) is 9.78. The molecule has 216 valence electrons. The van der Waals surface area contributed by atoms with Gasteiger partial charge < -0.3 is 9.64 Å². The van der Waals surface area contributed by atoms with Crippen molar-refractivity contribution in [2.24, 2.45) is 34.5 Å². The van der Waals surface area contributed by atoms with E-state index in [4.69, 9.17) is 4.74 Å². The summed E-state index contributed by atoms with van der Waals surface area (Å²) in [6.45, 7) is 9.33. The van der Waals surface area contributed by atoms with E-state index >= 15 is 0 Å². The number of benzene rings is 2. The number of piperidine rings is 1. The summed E-state index contributed by atoms with van der Waals surface area (Å²) in [5, 5.41) is 0. The molecule has 40 heavy (non-hydrogen) atoms. The van der Waals surface area contributed by atoms with Crippen LogP contribution in [-0.4, -0.2) is 38.4 Å². The molecule has 1 heterocycles. The molecule has 3 aliphatic carbocycles. The molecule has 1 N–H and O–H groups in total. The fourth-order valence-corrected chi connectivity index (χ4v) is 10.3. The van der Waals surface area contributed by atoms with Crippen LogP contribution in [0, 0.1) is 41.4 Å². The van der Waals surface area contributed by atoms with Crippen molar-refractivity contribution < 1.29 is 17.9 Å². The topological polar surface area (TPSA) is 75.7 Å². The van der Waals surface area contributed by atoms with Gasteiger partial charge in [-0.3, -0.25) is 9.52 Å². The maximum atomic E-state index is 12.8. The molecular weight excluding hydrogens is 520 g/mol. The van der Waals surface area contributed by atoms with Gasteiger partial charge in [0.2, 0.25) is 5.91 Å². The smallest absolute Gasteiger partial charge is 0.261 e. The summed E-state index contributed by atoms with van der Waals surface area (Å²) in [5.74, 6) is 3.67. The molecule has 0 aromatic heterocycles. The van der Waals surface area contributed by atoms with Crippen LogP contribution in [-0.2, 0) is 14.8 Å². The van der Waals surface area contributed by atoms with Gasteiger partial charge in [-0.2, -0.15) is 0 Å². The quantitative estimate of drug-likeness (QED) is 0.441. The fraction of sp³-hybridized carbons (Fsp3) is 0.606. The van der Waals surface area contributed by atoms with Crippen LogP contribution in [0.25, 0.3) is 0 Å². The van der Waals surface area contributed by atoms with Gasteiger partial charge in [-0.25, -0.2) is 8.42 Å². The molecule has 4 unspecified atom stereocenters. The number of carbonyl (C=O) groups is 1. The first kappa shape index (κ1) is 27.6. The fourth-order valence-electron chi connectivity index (χ4n) is 9.27. The summed E-state index contributed by atoms with van der Waals surface area (Å²) < 4.78 is 34.8. The summed E-state index contributed by atoms with van der Waals surface area (Å²) in [6.07, 6.45) is 7.59. The third kappa shape index (κ3) is 4.62. The highest BCUT2D eigenvalue weighted by Crippen LogP contribution is 2.66. The Morgan fingerprint density at radius 1 is 0.975 bits per heavy atom. The van der Waals surface area contributed by atoms with Crippen LogP contribution < -0.4 is 9.46 Å². The van der Waals surface area contributed by atoms with Gasteiger partial charge in [-0.15, -0.1) is 0 Å². The molecule has 6 nitrogen and oxygen atoms in total. The van der Waals surface area contributed by atoms with Crippen LogP contribution in [0.2, 0.25) is 0 Å². The zero-order chi connectivity index (χ0) is 28.4. The van der Waals surface area contributed by atoms with Gasteiger partial charge >= 0.3 is 0 Å². The Kier molecular flexibility index (Phi) is 6.75. The number of likely N-dealkylation sites (tertiary alicyclic amines) is 1. The minimum absolute atomic E-state index is 0.164. The highest BCUT2D eigenvalue weighted by Gasteiger charge is 2.62. The lowest BCUT2D eigenvalue weighted by atomic mass is 9.45. The number of sulfonamides is 1. The van der Waals surface area contributed by atoms with Crippen LogP contribution >= 0.6 is 0 Å². The van der Waals surface area contributed by atoms with Crippen molar-refractivity contribution in [1.29, 1.82) is 0 Å². The second-order valence-corrected chi connectivity index (χ2v) is 15.5. The number of aryl methyl sites for hydroxylation is 1. The Balaban J connectivity index is 1.14. The molecule has 3 saturated carbocycles. The van der Waals surface area contributed by atoms with Gasteiger partial charge in [0.25, 0.3) is 10.0 Å². The van der Waals surface area contributed by atoms with Gasteiger partial charge in [0.1, 0.15) is 5.75 Å². The van der Waals surface area contributed by atoms with E-state index in [0.29, 0.717) is 47.7 Å². The maximum absolute atomic E-state index is 12.8. The number of amides is 1. The predicted molar refractivity (Wildman–Crippen MR) is 158 cm³/mol. The van der Waals surface area contributed by atoms with Crippen LogP contribution in [0.1, 0.15) is 71.3 Å². The van der Waals surface area contributed by atoms with Crippen molar-refractivity contribution in [2.75, 3.05) is 11.8 Å². The first-order chi connectivity index (χ1) is 18.9. The standard InChI is InChI=1S/C33H44N2O4S/c1-21-6-12-26(13-7-21)40(37,38)34-23-8-10-24(11-9-23)39-25-19-28-31-22(2)18-29-33(4,17-15-30(36)35(29)5)27(31)14-16-32(28,3)20-25/h6-13,22,25,27-29,31,34H,14-20H2,1-5H3/t22-,25-,27?,28?,29?,31?,32+,33+/m0/s1. The van der Waals surface area contributed by atoms with E-state index in [9.17, 15) is 13.2 Å². The van der Waals surface area contributed by atoms with Gasteiger partial charge in [0, 0.05) is 25.2 Å². The van der Waals surface area contributed by atoms with Crippen molar-refractivity contribution >= 4 is 21.6 Å². The maximum Gasteiger partial charge on any atom is 0.261 e. The summed E-state index contributed by atoms with van der Waals surface area (Å²) in [6, 6.07) is 14.5. The van der Waals surface area contributed by atoms with Crippen molar-refractivity contribution in [1.82, 2.24) is 4.90 Å². The number of hydrogen-bond donors (Lipinski definition) is 1. The Bertz CT molecular complexity index is 1370. The summed E-state index contributed by atoms with van der Waals surface area (Å²) in [5.41, 5.74) is 2.04. The molecule has 1 aliphatic heterocycles. The van der Waals surface area contributed by atoms with Gasteiger partial charge in [0.05, 0.1) is 11.0 Å². The van der Waals surface area contributed by atoms with E-state index < -0.39 is 10.0 Å². The lowest BCUT2D eigenvalue weighted by Gasteiger charge is -2.63. The van der Waals surface area contributed by atoms with E-state index in [1.54, 1.807) is 36.4 Å². The molecular formula is C33H44N2O4S. The van der Waals surface area contributed by atoms with Crippen molar-refractivity contribution in [3.63, 3.8) is 0 Å². The highest BCUT2D eigenvalue weighted by molar-refractivity contribution is 7.92. The van der Waals surface area contributed by atoms with Gasteiger partial charge in [-0.1, -0.05) is 38.5 Å². The number of hydrogen-bond acceptors (Lipinski definition) is 4. The average molecular weight is 565 g/mol. The molecule has 7 heteroatoms. The van der Waals surface area contributed by atoms with Gasteiger partial charge in [0.15, 0.2) is 0 Å². The molecule has 8 atom stereocenters. The molecule has 2 aromatic carbocycles. The molecule has 1 amide bonds. The highest BCUT2D eigenvalue weighted by atomic mass is 32.2. The predicted octanol–water partition coefficient (Wildman–Crippen LogP) is 6.65.